The lowest BCUT2D eigenvalue weighted by atomic mass is 10.1. The van der Waals surface area contributed by atoms with Gasteiger partial charge in [-0.2, -0.15) is 0 Å². The number of carbonyl (C=O) groups is 1. The third-order valence-corrected chi connectivity index (χ3v) is 5.55. The number of ether oxygens (including phenoxy) is 1. The molecular weight excluding hydrogens is 334 g/mol. The average Bonchev–Trinajstić information content (AvgIpc) is 2.75. The van der Waals surface area contributed by atoms with Crippen molar-refractivity contribution in [2.75, 3.05) is 52.7 Å². The zero-order valence-corrected chi connectivity index (χ0v) is 16.1. The summed E-state index contributed by atoms with van der Waals surface area (Å²) >= 11 is 1.63. The third kappa shape index (κ3) is 4.57. The van der Waals surface area contributed by atoms with E-state index in [1.54, 1.807) is 11.8 Å². The van der Waals surface area contributed by atoms with Crippen molar-refractivity contribution in [3.05, 3.63) is 30.5 Å². The molecule has 136 valence electrons. The molecule has 1 fully saturated rings. The second-order valence-electron chi connectivity index (χ2n) is 6.95. The Hall–Kier alpha value is -1.50. The number of hydrogen-bond acceptors (Lipinski definition) is 4. The second-order valence-corrected chi connectivity index (χ2v) is 7.97. The van der Waals surface area contributed by atoms with Gasteiger partial charge >= 0.3 is 0 Å². The van der Waals surface area contributed by atoms with E-state index in [-0.39, 0.29) is 5.91 Å². The van der Waals surface area contributed by atoms with E-state index in [9.17, 15) is 4.79 Å². The van der Waals surface area contributed by atoms with Gasteiger partial charge in [-0.05, 0) is 20.2 Å². The molecule has 6 heteroatoms. The van der Waals surface area contributed by atoms with Gasteiger partial charge < -0.3 is 19.1 Å². The highest BCUT2D eigenvalue weighted by Gasteiger charge is 2.23. The van der Waals surface area contributed by atoms with Crippen LogP contribution in [0.3, 0.4) is 0 Å². The van der Waals surface area contributed by atoms with E-state index in [0.29, 0.717) is 24.8 Å². The number of amides is 1. The molecule has 0 bridgehead atoms. The Balaban J connectivity index is 1.63. The number of nitrogens with zero attached hydrogens (tertiary/aromatic N) is 3. The number of para-hydroxylation sites is 1. The molecular formula is C19H27N3O2S. The molecule has 1 unspecified atom stereocenters. The largest absolute Gasteiger partial charge is 0.379 e. The number of carbonyl (C=O) groups excluding carboxylic acids is 1. The Morgan fingerprint density at radius 1 is 1.36 bits per heavy atom. The SMILES string of the molecule is CN(C)CC1COCCN(C(=O)CSc2cn(C)c3ccccc23)C1. The molecule has 25 heavy (non-hydrogen) atoms. The van der Waals surface area contributed by atoms with Crippen molar-refractivity contribution in [2.24, 2.45) is 13.0 Å². The molecule has 1 aromatic heterocycles. The summed E-state index contributed by atoms with van der Waals surface area (Å²) in [5, 5.41) is 1.22. The fourth-order valence-electron chi connectivity index (χ4n) is 3.38. The summed E-state index contributed by atoms with van der Waals surface area (Å²) in [6.07, 6.45) is 2.11. The van der Waals surface area contributed by atoms with Gasteiger partial charge in [0.15, 0.2) is 0 Å². The van der Waals surface area contributed by atoms with Crippen molar-refractivity contribution >= 4 is 28.6 Å². The number of rotatable bonds is 5. The first-order chi connectivity index (χ1) is 12.0. The predicted octanol–water partition coefficient (Wildman–Crippen LogP) is 2.31. The second kappa shape index (κ2) is 8.25. The van der Waals surface area contributed by atoms with E-state index in [1.165, 1.54) is 15.8 Å². The van der Waals surface area contributed by atoms with E-state index in [0.717, 1.165) is 19.7 Å². The summed E-state index contributed by atoms with van der Waals surface area (Å²) in [4.78, 5) is 18.0. The zero-order chi connectivity index (χ0) is 17.8. The summed E-state index contributed by atoms with van der Waals surface area (Å²) in [6, 6.07) is 8.32. The molecule has 1 aliphatic rings. The lowest BCUT2D eigenvalue weighted by Gasteiger charge is -2.25. The number of aryl methyl sites for hydroxylation is 1. The Morgan fingerprint density at radius 2 is 2.16 bits per heavy atom. The van der Waals surface area contributed by atoms with Crippen LogP contribution in [-0.4, -0.2) is 73.0 Å². The first kappa shape index (κ1) is 18.3. The van der Waals surface area contributed by atoms with Crippen molar-refractivity contribution in [3.63, 3.8) is 0 Å². The van der Waals surface area contributed by atoms with E-state index < -0.39 is 0 Å². The van der Waals surface area contributed by atoms with Gasteiger partial charge in [-0.3, -0.25) is 4.79 Å². The Kier molecular flexibility index (Phi) is 6.04. The quantitative estimate of drug-likeness (QED) is 0.766. The molecule has 0 aliphatic carbocycles. The van der Waals surface area contributed by atoms with Crippen LogP contribution in [0.25, 0.3) is 10.9 Å². The molecule has 2 aromatic rings. The number of thioether (sulfide) groups is 1. The minimum atomic E-state index is 0.201. The first-order valence-electron chi connectivity index (χ1n) is 8.71. The van der Waals surface area contributed by atoms with Gasteiger partial charge in [0, 0.05) is 54.6 Å². The summed E-state index contributed by atoms with van der Waals surface area (Å²) in [5.41, 5.74) is 1.20. The number of fused-ring (bicyclic) bond motifs is 1. The van der Waals surface area contributed by atoms with Crippen molar-refractivity contribution in [2.45, 2.75) is 4.90 Å². The maximum absolute atomic E-state index is 12.7. The van der Waals surface area contributed by atoms with Crippen LogP contribution in [0.5, 0.6) is 0 Å². The smallest absolute Gasteiger partial charge is 0.233 e. The van der Waals surface area contributed by atoms with Gasteiger partial charge in [-0.1, -0.05) is 18.2 Å². The number of aromatic nitrogens is 1. The monoisotopic (exact) mass is 361 g/mol. The molecule has 1 saturated heterocycles. The van der Waals surface area contributed by atoms with Crippen molar-refractivity contribution in [3.8, 4) is 0 Å². The normalized spacial score (nSPS) is 18.7. The van der Waals surface area contributed by atoms with Gasteiger partial charge in [0.25, 0.3) is 0 Å². The van der Waals surface area contributed by atoms with Crippen LogP contribution in [-0.2, 0) is 16.6 Å². The van der Waals surface area contributed by atoms with Crippen LogP contribution in [0.4, 0.5) is 0 Å². The van der Waals surface area contributed by atoms with Crippen LogP contribution in [0.1, 0.15) is 0 Å². The van der Waals surface area contributed by atoms with Crippen LogP contribution >= 0.6 is 11.8 Å². The summed E-state index contributed by atoms with van der Waals surface area (Å²) in [7, 11) is 6.17. The Morgan fingerprint density at radius 3 is 2.96 bits per heavy atom. The number of hydrogen-bond donors (Lipinski definition) is 0. The summed E-state index contributed by atoms with van der Waals surface area (Å²) < 4.78 is 7.80. The Labute approximate surface area is 153 Å². The highest BCUT2D eigenvalue weighted by Crippen LogP contribution is 2.29. The van der Waals surface area contributed by atoms with Gasteiger partial charge in [0.05, 0.1) is 19.0 Å². The first-order valence-corrected chi connectivity index (χ1v) is 9.70. The van der Waals surface area contributed by atoms with Gasteiger partial charge in [0.1, 0.15) is 0 Å². The standard InChI is InChI=1S/C19H27N3O2S/c1-20(2)10-15-11-22(8-9-24-13-15)19(23)14-25-18-12-21(3)17-7-5-4-6-16(17)18/h4-7,12,15H,8-11,13-14H2,1-3H3. The lowest BCUT2D eigenvalue weighted by molar-refractivity contribution is -0.128. The molecule has 1 amide bonds. The Bertz CT molecular complexity index is 729. The maximum atomic E-state index is 12.7. The zero-order valence-electron chi connectivity index (χ0n) is 15.3. The van der Waals surface area contributed by atoms with Crippen molar-refractivity contribution in [1.29, 1.82) is 0 Å². The summed E-state index contributed by atoms with van der Waals surface area (Å²) in [6.45, 7) is 3.79. The highest BCUT2D eigenvalue weighted by molar-refractivity contribution is 8.00. The van der Waals surface area contributed by atoms with Crippen LogP contribution in [0.15, 0.2) is 35.4 Å². The number of benzene rings is 1. The predicted molar refractivity (Wildman–Crippen MR) is 103 cm³/mol. The van der Waals surface area contributed by atoms with E-state index in [1.807, 2.05) is 24.1 Å². The molecule has 5 nitrogen and oxygen atoms in total. The molecule has 3 rings (SSSR count). The maximum Gasteiger partial charge on any atom is 0.233 e. The summed E-state index contributed by atoms with van der Waals surface area (Å²) in [5.74, 6) is 1.05. The minimum absolute atomic E-state index is 0.201. The van der Waals surface area contributed by atoms with Gasteiger partial charge in [-0.25, -0.2) is 0 Å². The van der Waals surface area contributed by atoms with E-state index in [4.69, 9.17) is 4.74 Å². The fraction of sp³-hybridized carbons (Fsp3) is 0.526. The molecule has 1 aliphatic heterocycles. The van der Waals surface area contributed by atoms with Gasteiger partial charge in [-0.15, -0.1) is 11.8 Å². The van der Waals surface area contributed by atoms with Crippen LogP contribution in [0, 0.1) is 5.92 Å². The third-order valence-electron chi connectivity index (χ3n) is 4.53. The van der Waals surface area contributed by atoms with Crippen molar-refractivity contribution in [1.82, 2.24) is 14.4 Å². The molecule has 1 aromatic carbocycles. The molecule has 0 radical (unpaired) electrons. The topological polar surface area (TPSA) is 37.7 Å². The molecule has 0 N–H and O–H groups in total. The average molecular weight is 362 g/mol. The molecule has 0 spiro atoms. The fourth-order valence-corrected chi connectivity index (χ4v) is 4.41. The molecule has 1 atom stereocenters. The van der Waals surface area contributed by atoms with Crippen LogP contribution < -0.4 is 0 Å². The molecule has 2 heterocycles. The minimum Gasteiger partial charge on any atom is -0.379 e. The lowest BCUT2D eigenvalue weighted by Crippen LogP contribution is -2.39. The van der Waals surface area contributed by atoms with Gasteiger partial charge in [0.2, 0.25) is 5.91 Å². The molecule has 0 saturated carbocycles. The van der Waals surface area contributed by atoms with E-state index in [2.05, 4.69) is 41.9 Å². The van der Waals surface area contributed by atoms with E-state index >= 15 is 0 Å². The van der Waals surface area contributed by atoms with Crippen LogP contribution in [0.2, 0.25) is 0 Å². The van der Waals surface area contributed by atoms with Crippen molar-refractivity contribution < 1.29 is 9.53 Å². The highest BCUT2D eigenvalue weighted by atomic mass is 32.2.